The zero-order valence-corrected chi connectivity index (χ0v) is 19.0. The van der Waals surface area contributed by atoms with Gasteiger partial charge in [0.05, 0.1) is 22.7 Å². The fraction of sp³-hybridized carbons (Fsp3) is 0.0741. The number of nitrogens with zero attached hydrogens (tertiary/aromatic N) is 3. The summed E-state index contributed by atoms with van der Waals surface area (Å²) in [6.07, 6.45) is 0. The van der Waals surface area contributed by atoms with Crippen molar-refractivity contribution in [2.45, 2.75) is 13.8 Å². The molecule has 33 heavy (non-hydrogen) atoms. The van der Waals surface area contributed by atoms with Gasteiger partial charge in [0.2, 0.25) is 4.80 Å². The summed E-state index contributed by atoms with van der Waals surface area (Å²) in [4.78, 5) is 18.2. The van der Waals surface area contributed by atoms with E-state index >= 15 is 0 Å². The minimum atomic E-state index is -0.413. The molecule has 162 valence electrons. The molecule has 0 saturated carbocycles. The predicted molar refractivity (Wildman–Crippen MR) is 134 cm³/mol. The van der Waals surface area contributed by atoms with Crippen molar-refractivity contribution < 1.29 is 4.42 Å². The molecule has 3 aromatic carbocycles. The molecule has 0 saturated heterocycles. The molecule has 0 aliphatic rings. The molecule has 0 bridgehead atoms. The van der Waals surface area contributed by atoms with E-state index in [1.165, 1.54) is 16.9 Å². The molecule has 2 heterocycles. The predicted octanol–water partition coefficient (Wildman–Crippen LogP) is 6.14. The summed E-state index contributed by atoms with van der Waals surface area (Å²) in [5.74, 6) is 0. The molecule has 0 N–H and O–H groups in total. The smallest absolute Gasteiger partial charge is 0.345 e. The highest BCUT2D eigenvalue weighted by molar-refractivity contribution is 7.07. The van der Waals surface area contributed by atoms with Gasteiger partial charge in [-0.25, -0.2) is 14.5 Å². The van der Waals surface area contributed by atoms with Crippen molar-refractivity contribution in [2.75, 3.05) is 0 Å². The second-order valence-corrected chi connectivity index (χ2v) is 8.54. The lowest BCUT2D eigenvalue weighted by Gasteiger charge is -2.06. The van der Waals surface area contributed by atoms with Crippen LogP contribution in [-0.4, -0.2) is 10.4 Å². The summed E-state index contributed by atoms with van der Waals surface area (Å²) in [6, 6.07) is 27.3. The zero-order chi connectivity index (χ0) is 22.8. The Morgan fingerprint density at radius 3 is 2.45 bits per heavy atom. The monoisotopic (exact) mass is 451 g/mol. The average molecular weight is 452 g/mol. The van der Waals surface area contributed by atoms with E-state index in [9.17, 15) is 4.79 Å². The van der Waals surface area contributed by atoms with Crippen molar-refractivity contribution >= 4 is 33.7 Å². The Balaban J connectivity index is 1.70. The first-order valence-corrected chi connectivity index (χ1v) is 11.4. The molecule has 6 heteroatoms. The highest BCUT2D eigenvalue weighted by Gasteiger charge is 2.12. The van der Waals surface area contributed by atoms with Crippen LogP contribution < -0.4 is 10.4 Å². The van der Waals surface area contributed by atoms with Crippen molar-refractivity contribution in [3.63, 3.8) is 0 Å². The van der Waals surface area contributed by atoms with Crippen molar-refractivity contribution in [3.05, 3.63) is 117 Å². The lowest BCUT2D eigenvalue weighted by atomic mass is 10.1. The van der Waals surface area contributed by atoms with Crippen molar-refractivity contribution in [3.8, 4) is 11.3 Å². The molecule has 2 aromatic heterocycles. The molecule has 5 aromatic rings. The maximum Gasteiger partial charge on any atom is 0.345 e. The van der Waals surface area contributed by atoms with E-state index in [-0.39, 0.29) is 0 Å². The Morgan fingerprint density at radius 2 is 1.67 bits per heavy atom. The van der Waals surface area contributed by atoms with Gasteiger partial charge in [-0.1, -0.05) is 66.2 Å². The summed E-state index contributed by atoms with van der Waals surface area (Å²) in [7, 11) is 0. The summed E-state index contributed by atoms with van der Waals surface area (Å²) >= 11 is 1.50. The van der Waals surface area contributed by atoms with Crippen LogP contribution in [0.15, 0.2) is 110 Å². The maximum absolute atomic E-state index is 12.7. The summed E-state index contributed by atoms with van der Waals surface area (Å²) in [6.45, 7) is 3.86. The van der Waals surface area contributed by atoms with Crippen LogP contribution in [0.4, 0.5) is 5.69 Å². The van der Waals surface area contributed by atoms with E-state index in [1.54, 1.807) is 10.7 Å². The van der Waals surface area contributed by atoms with Crippen LogP contribution in [0.25, 0.3) is 22.2 Å². The number of aryl methyl sites for hydroxylation is 1. The number of hydrogen-bond acceptors (Lipinski definition) is 5. The van der Waals surface area contributed by atoms with Crippen molar-refractivity contribution in [2.24, 2.45) is 10.1 Å². The van der Waals surface area contributed by atoms with Crippen molar-refractivity contribution in [1.29, 1.82) is 0 Å². The molecule has 0 radical (unpaired) electrons. The van der Waals surface area contributed by atoms with Crippen LogP contribution in [0.2, 0.25) is 0 Å². The third-order valence-electron chi connectivity index (χ3n) is 5.29. The van der Waals surface area contributed by atoms with Gasteiger partial charge in [0.15, 0.2) is 0 Å². The van der Waals surface area contributed by atoms with Gasteiger partial charge in [-0.15, -0.1) is 11.3 Å². The van der Waals surface area contributed by atoms with Gasteiger partial charge in [0.25, 0.3) is 0 Å². The van der Waals surface area contributed by atoms with Gasteiger partial charge in [-0.3, -0.25) is 0 Å². The maximum atomic E-state index is 12.7. The molecule has 0 aliphatic heterocycles. The van der Waals surface area contributed by atoms with Crippen LogP contribution in [0.5, 0.6) is 0 Å². The van der Waals surface area contributed by atoms with Crippen LogP contribution in [-0.2, 0) is 0 Å². The van der Waals surface area contributed by atoms with Gasteiger partial charge >= 0.3 is 5.63 Å². The molecular formula is C27H21N3O2S. The fourth-order valence-corrected chi connectivity index (χ4v) is 4.38. The molecule has 0 spiro atoms. The number of rotatable bonds is 4. The van der Waals surface area contributed by atoms with E-state index in [1.807, 2.05) is 98.1 Å². The van der Waals surface area contributed by atoms with Gasteiger partial charge in [-0.2, -0.15) is 5.10 Å². The zero-order valence-electron chi connectivity index (χ0n) is 18.2. The van der Waals surface area contributed by atoms with Gasteiger partial charge in [0, 0.05) is 16.3 Å². The summed E-state index contributed by atoms with van der Waals surface area (Å²) in [5.41, 5.74) is 5.05. The number of aromatic nitrogens is 1. The minimum absolute atomic E-state index is 0.413. The van der Waals surface area contributed by atoms with E-state index in [0.717, 1.165) is 22.3 Å². The third kappa shape index (κ3) is 4.33. The SMILES string of the molecule is C/C(=N\n1c(-c2ccccc2)csc1=Nc1ccc(C)cc1)c1cc2ccccc2oc1=O. The van der Waals surface area contributed by atoms with Gasteiger partial charge in [0.1, 0.15) is 5.58 Å². The van der Waals surface area contributed by atoms with E-state index in [2.05, 4.69) is 0 Å². The summed E-state index contributed by atoms with van der Waals surface area (Å²) in [5, 5.41) is 7.72. The normalized spacial score (nSPS) is 12.4. The fourth-order valence-electron chi connectivity index (χ4n) is 3.53. The molecule has 5 rings (SSSR count). The third-order valence-corrected chi connectivity index (χ3v) is 6.11. The van der Waals surface area contributed by atoms with Crippen LogP contribution in [0.1, 0.15) is 18.1 Å². The standard InChI is InChI=1S/C27H21N3O2S/c1-18-12-14-22(15-13-18)28-27-30(24(17-33-27)20-8-4-3-5-9-20)29-19(2)23-16-21-10-6-7-11-25(21)32-26(23)31/h3-17H,1-2H3/b28-27?,29-19+. The van der Waals surface area contributed by atoms with Crippen LogP contribution >= 0.6 is 11.3 Å². The molecule has 5 nitrogen and oxygen atoms in total. The Hall–Kier alpha value is -4.03. The first-order valence-electron chi connectivity index (χ1n) is 10.5. The average Bonchev–Trinajstić information content (AvgIpc) is 3.22. The minimum Gasteiger partial charge on any atom is -0.422 e. The second kappa shape index (κ2) is 8.84. The summed E-state index contributed by atoms with van der Waals surface area (Å²) < 4.78 is 7.31. The lowest BCUT2D eigenvalue weighted by molar-refractivity contribution is 0.559. The molecule has 0 atom stereocenters. The first kappa shape index (κ1) is 20.8. The molecular weight excluding hydrogens is 430 g/mol. The Kier molecular flexibility index (Phi) is 5.59. The van der Waals surface area contributed by atoms with Crippen LogP contribution in [0, 0.1) is 6.92 Å². The topological polar surface area (TPSA) is 59.9 Å². The molecule has 0 fully saturated rings. The molecule has 0 amide bonds. The Morgan fingerprint density at radius 1 is 0.939 bits per heavy atom. The number of para-hydroxylation sites is 1. The Bertz CT molecular complexity index is 1590. The van der Waals surface area contributed by atoms with Crippen molar-refractivity contribution in [1.82, 2.24) is 4.68 Å². The van der Waals surface area contributed by atoms with Gasteiger partial charge < -0.3 is 4.42 Å². The Labute approximate surface area is 194 Å². The second-order valence-electron chi connectivity index (χ2n) is 7.70. The van der Waals surface area contributed by atoms with Crippen LogP contribution in [0.3, 0.4) is 0 Å². The number of benzene rings is 3. The van der Waals surface area contributed by atoms with E-state index < -0.39 is 5.63 Å². The van der Waals surface area contributed by atoms with Gasteiger partial charge in [-0.05, 0) is 38.1 Å². The van der Waals surface area contributed by atoms with E-state index in [0.29, 0.717) is 21.7 Å². The highest BCUT2D eigenvalue weighted by Crippen LogP contribution is 2.21. The molecule has 0 unspecified atom stereocenters. The largest absolute Gasteiger partial charge is 0.422 e. The van der Waals surface area contributed by atoms with E-state index in [4.69, 9.17) is 14.5 Å². The molecule has 0 aliphatic carbocycles. The lowest BCUT2D eigenvalue weighted by Crippen LogP contribution is -2.17. The highest BCUT2D eigenvalue weighted by atomic mass is 32.1. The number of thiazole rings is 1. The first-order chi connectivity index (χ1) is 16.1. The number of hydrogen-bond donors (Lipinski definition) is 0. The quantitative estimate of drug-likeness (QED) is 0.244. The number of fused-ring (bicyclic) bond motifs is 1.